The molecule has 0 heterocycles. The summed E-state index contributed by atoms with van der Waals surface area (Å²) in [5.74, 6) is -0.472. The number of primary amides is 1. The summed E-state index contributed by atoms with van der Waals surface area (Å²) in [5, 5.41) is 5.10. The van der Waals surface area contributed by atoms with Crippen molar-refractivity contribution >= 4 is 33.3 Å². The third-order valence-electron chi connectivity index (χ3n) is 4.37. The molecule has 0 aliphatic heterocycles. The van der Waals surface area contributed by atoms with E-state index in [9.17, 15) is 18.0 Å². The highest BCUT2D eigenvalue weighted by atomic mass is 32.2. The van der Waals surface area contributed by atoms with E-state index in [0.29, 0.717) is 11.4 Å². The second kappa shape index (κ2) is 9.77. The van der Waals surface area contributed by atoms with Crippen LogP contribution < -0.4 is 21.1 Å². The van der Waals surface area contributed by atoms with Crippen LogP contribution >= 0.6 is 0 Å². The highest BCUT2D eigenvalue weighted by Crippen LogP contribution is 2.18. The van der Waals surface area contributed by atoms with Crippen molar-refractivity contribution in [3.63, 3.8) is 0 Å². The molecule has 0 saturated carbocycles. The summed E-state index contributed by atoms with van der Waals surface area (Å²) < 4.78 is 27.5. The van der Waals surface area contributed by atoms with Gasteiger partial charge in [0.15, 0.2) is 0 Å². The lowest BCUT2D eigenvalue weighted by Crippen LogP contribution is -2.47. The van der Waals surface area contributed by atoms with Crippen LogP contribution in [0.5, 0.6) is 0 Å². The molecule has 1 atom stereocenters. The van der Waals surface area contributed by atoms with Crippen molar-refractivity contribution in [1.29, 1.82) is 0 Å². The first kappa shape index (κ1) is 21.8. The molecule has 3 amide bonds. The molecule has 5 N–H and O–H groups in total. The molecular weight excluding hydrogens is 416 g/mol. The van der Waals surface area contributed by atoms with E-state index in [4.69, 9.17) is 5.73 Å². The first-order chi connectivity index (χ1) is 14.8. The van der Waals surface area contributed by atoms with Crippen LogP contribution in [0.1, 0.15) is 5.56 Å². The maximum Gasteiger partial charge on any atom is 0.312 e. The number of carbonyl (C=O) groups is 2. The van der Waals surface area contributed by atoms with Gasteiger partial charge in [0.25, 0.3) is 10.0 Å². The Bertz CT molecular complexity index is 1140. The van der Waals surface area contributed by atoms with Crippen LogP contribution in [0, 0.1) is 0 Å². The summed E-state index contributed by atoms with van der Waals surface area (Å²) in [6, 6.07) is 21.7. The average molecular weight is 439 g/mol. The Morgan fingerprint density at radius 3 is 1.97 bits per heavy atom. The Hall–Kier alpha value is -3.85. The van der Waals surface area contributed by atoms with Crippen LogP contribution in [0.2, 0.25) is 0 Å². The van der Waals surface area contributed by atoms with Gasteiger partial charge >= 0.3 is 6.03 Å². The van der Waals surface area contributed by atoms with Gasteiger partial charge in [-0.3, -0.25) is 9.52 Å². The largest absolute Gasteiger partial charge is 0.352 e. The number of nitrogens with two attached hydrogens (primary N) is 1. The van der Waals surface area contributed by atoms with Crippen LogP contribution in [0.4, 0.5) is 16.2 Å². The minimum atomic E-state index is -3.77. The third-order valence-corrected chi connectivity index (χ3v) is 5.77. The van der Waals surface area contributed by atoms with Gasteiger partial charge in [0.1, 0.15) is 6.04 Å². The fraction of sp³-hybridized carbons (Fsp3) is 0.0909. The Labute approximate surface area is 180 Å². The number of hydrogen-bond acceptors (Lipinski definition) is 4. The highest BCUT2D eigenvalue weighted by molar-refractivity contribution is 7.92. The Balaban J connectivity index is 1.69. The third kappa shape index (κ3) is 6.31. The van der Waals surface area contributed by atoms with Gasteiger partial charge in [-0.2, -0.15) is 0 Å². The lowest BCUT2D eigenvalue weighted by molar-refractivity contribution is -0.117. The quantitative estimate of drug-likeness (QED) is 0.431. The van der Waals surface area contributed by atoms with Crippen molar-refractivity contribution in [2.45, 2.75) is 17.4 Å². The van der Waals surface area contributed by atoms with Crippen molar-refractivity contribution in [1.82, 2.24) is 5.32 Å². The monoisotopic (exact) mass is 438 g/mol. The molecule has 0 spiro atoms. The summed E-state index contributed by atoms with van der Waals surface area (Å²) in [6.45, 7) is 0. The van der Waals surface area contributed by atoms with Gasteiger partial charge < -0.3 is 16.4 Å². The van der Waals surface area contributed by atoms with E-state index in [1.54, 1.807) is 30.3 Å². The van der Waals surface area contributed by atoms with Crippen LogP contribution in [-0.4, -0.2) is 26.4 Å². The molecule has 3 aromatic carbocycles. The van der Waals surface area contributed by atoms with Crippen LogP contribution in [-0.2, 0) is 21.2 Å². The number of benzene rings is 3. The minimum absolute atomic E-state index is 0.0467. The lowest BCUT2D eigenvalue weighted by atomic mass is 10.1. The Kier molecular flexibility index (Phi) is 6.88. The molecule has 0 aromatic heterocycles. The molecular formula is C22H22N4O4S. The second-order valence-corrected chi connectivity index (χ2v) is 8.42. The summed E-state index contributed by atoms with van der Waals surface area (Å²) in [6.07, 6.45) is 0.253. The van der Waals surface area contributed by atoms with E-state index in [-0.39, 0.29) is 11.3 Å². The van der Waals surface area contributed by atoms with Crippen molar-refractivity contribution in [2.24, 2.45) is 5.73 Å². The molecule has 160 valence electrons. The van der Waals surface area contributed by atoms with E-state index in [0.717, 1.165) is 5.56 Å². The van der Waals surface area contributed by atoms with E-state index >= 15 is 0 Å². The maximum absolute atomic E-state index is 12.7. The minimum Gasteiger partial charge on any atom is -0.352 e. The summed E-state index contributed by atoms with van der Waals surface area (Å²) in [5.41, 5.74) is 6.89. The SMILES string of the molecule is NC(=O)NC(Cc1ccccc1)C(=O)Nc1ccc(S(=O)(=O)Nc2ccccc2)cc1. The Morgan fingerprint density at radius 1 is 0.806 bits per heavy atom. The van der Waals surface area contributed by atoms with Gasteiger partial charge in [0.2, 0.25) is 5.91 Å². The second-order valence-electron chi connectivity index (χ2n) is 6.74. The molecule has 31 heavy (non-hydrogen) atoms. The van der Waals surface area contributed by atoms with Crippen LogP contribution in [0.15, 0.2) is 89.8 Å². The standard InChI is InChI=1S/C22H22N4O4S/c23-22(28)25-20(15-16-7-3-1-4-8-16)21(27)24-17-11-13-19(14-12-17)31(29,30)26-18-9-5-2-6-10-18/h1-14,20,26H,15H2,(H,24,27)(H3,23,25,28). The summed E-state index contributed by atoms with van der Waals surface area (Å²) in [4.78, 5) is 24.0. The topological polar surface area (TPSA) is 130 Å². The molecule has 0 aliphatic carbocycles. The van der Waals surface area contributed by atoms with Gasteiger partial charge in [-0.25, -0.2) is 13.2 Å². The molecule has 3 aromatic rings. The molecule has 8 nitrogen and oxygen atoms in total. The lowest BCUT2D eigenvalue weighted by Gasteiger charge is -2.17. The predicted molar refractivity (Wildman–Crippen MR) is 119 cm³/mol. The number of amides is 3. The molecule has 0 bridgehead atoms. The zero-order valence-electron chi connectivity index (χ0n) is 16.5. The average Bonchev–Trinajstić information content (AvgIpc) is 2.74. The van der Waals surface area contributed by atoms with Gasteiger partial charge in [-0.05, 0) is 42.0 Å². The number of urea groups is 1. The number of hydrogen-bond donors (Lipinski definition) is 4. The number of sulfonamides is 1. The molecule has 0 radical (unpaired) electrons. The molecule has 0 saturated heterocycles. The van der Waals surface area contributed by atoms with E-state index in [1.165, 1.54) is 24.3 Å². The fourth-order valence-corrected chi connectivity index (χ4v) is 3.96. The normalized spacial score (nSPS) is 11.9. The van der Waals surface area contributed by atoms with Crippen LogP contribution in [0.3, 0.4) is 0 Å². The zero-order chi connectivity index (χ0) is 22.3. The first-order valence-electron chi connectivity index (χ1n) is 9.42. The maximum atomic E-state index is 12.7. The number of rotatable bonds is 8. The van der Waals surface area contributed by atoms with Crippen molar-refractivity contribution < 1.29 is 18.0 Å². The molecule has 1 unspecified atom stereocenters. The molecule has 0 aliphatic rings. The number of para-hydroxylation sites is 1. The van der Waals surface area contributed by atoms with Crippen molar-refractivity contribution in [3.05, 3.63) is 90.5 Å². The molecule has 9 heteroatoms. The van der Waals surface area contributed by atoms with Gasteiger partial charge in [0, 0.05) is 17.8 Å². The predicted octanol–water partition coefficient (Wildman–Crippen LogP) is 2.71. The first-order valence-corrected chi connectivity index (χ1v) is 10.9. The van der Waals surface area contributed by atoms with E-state index < -0.39 is 28.0 Å². The summed E-state index contributed by atoms with van der Waals surface area (Å²) >= 11 is 0. The number of anilines is 2. The number of carbonyl (C=O) groups excluding carboxylic acids is 2. The van der Waals surface area contributed by atoms with E-state index in [2.05, 4.69) is 15.4 Å². The zero-order valence-corrected chi connectivity index (χ0v) is 17.3. The van der Waals surface area contributed by atoms with Crippen molar-refractivity contribution in [3.8, 4) is 0 Å². The Morgan fingerprint density at radius 2 is 1.39 bits per heavy atom. The van der Waals surface area contributed by atoms with Crippen LogP contribution in [0.25, 0.3) is 0 Å². The molecule has 3 rings (SSSR count). The molecule has 0 fully saturated rings. The van der Waals surface area contributed by atoms with Gasteiger partial charge in [-0.1, -0.05) is 48.5 Å². The number of nitrogens with one attached hydrogen (secondary N) is 3. The fourth-order valence-electron chi connectivity index (χ4n) is 2.90. The van der Waals surface area contributed by atoms with Gasteiger partial charge in [-0.15, -0.1) is 0 Å². The van der Waals surface area contributed by atoms with E-state index in [1.807, 2.05) is 30.3 Å². The smallest absolute Gasteiger partial charge is 0.312 e. The van der Waals surface area contributed by atoms with Crippen molar-refractivity contribution in [2.75, 3.05) is 10.0 Å². The van der Waals surface area contributed by atoms with Gasteiger partial charge in [0.05, 0.1) is 4.90 Å². The highest BCUT2D eigenvalue weighted by Gasteiger charge is 2.21. The summed E-state index contributed by atoms with van der Waals surface area (Å²) in [7, 11) is -3.77.